The highest BCUT2D eigenvalue weighted by molar-refractivity contribution is 5.17. The summed E-state index contributed by atoms with van der Waals surface area (Å²) in [7, 11) is 0. The molecule has 0 bridgehead atoms. The monoisotopic (exact) mass is 230 g/mol. The van der Waals surface area contributed by atoms with Crippen molar-refractivity contribution < 1.29 is 0 Å². The third-order valence-electron chi connectivity index (χ3n) is 3.54. The maximum absolute atomic E-state index is 5.68. The molecule has 3 N–H and O–H groups in total. The molecule has 0 saturated heterocycles. The lowest BCUT2D eigenvalue weighted by molar-refractivity contribution is 0.516. The molecule has 1 aromatic carbocycles. The van der Waals surface area contributed by atoms with Gasteiger partial charge in [-0.05, 0) is 44.1 Å². The lowest BCUT2D eigenvalue weighted by atomic mass is 9.91. The van der Waals surface area contributed by atoms with Gasteiger partial charge in [0, 0.05) is 6.04 Å². The van der Waals surface area contributed by atoms with Crippen molar-refractivity contribution in [2.75, 3.05) is 0 Å². The molecule has 1 aliphatic carbocycles. The number of aryl methyl sites for hydroxylation is 1. The average molecular weight is 230 g/mol. The molecule has 1 unspecified atom stereocenters. The van der Waals surface area contributed by atoms with Gasteiger partial charge in [0.05, 0.1) is 0 Å². The van der Waals surface area contributed by atoms with Gasteiger partial charge in [0.15, 0.2) is 0 Å². The lowest BCUT2D eigenvalue weighted by Crippen LogP contribution is -2.37. The quantitative estimate of drug-likeness (QED) is 0.463. The first-order valence-corrected chi connectivity index (χ1v) is 6.59. The van der Waals surface area contributed by atoms with Crippen LogP contribution in [0.2, 0.25) is 0 Å². The van der Waals surface area contributed by atoms with E-state index < -0.39 is 0 Å². The SMILES string of the molecule is NNC(CCc1ccccc1)C1=CCCCC1. The van der Waals surface area contributed by atoms with Crippen LogP contribution in [0.25, 0.3) is 0 Å². The van der Waals surface area contributed by atoms with Crippen molar-refractivity contribution in [3.8, 4) is 0 Å². The third-order valence-corrected chi connectivity index (χ3v) is 3.54. The molecule has 0 amide bonds. The van der Waals surface area contributed by atoms with Gasteiger partial charge >= 0.3 is 0 Å². The first kappa shape index (κ1) is 12.3. The zero-order chi connectivity index (χ0) is 11.9. The summed E-state index contributed by atoms with van der Waals surface area (Å²) >= 11 is 0. The van der Waals surface area contributed by atoms with Crippen molar-refractivity contribution in [1.82, 2.24) is 5.43 Å². The molecule has 0 radical (unpaired) electrons. The van der Waals surface area contributed by atoms with Crippen LogP contribution in [0.15, 0.2) is 42.0 Å². The Bertz CT molecular complexity index is 356. The zero-order valence-corrected chi connectivity index (χ0v) is 10.4. The largest absolute Gasteiger partial charge is 0.271 e. The first-order valence-electron chi connectivity index (χ1n) is 6.59. The number of nitrogens with one attached hydrogen (secondary N) is 1. The van der Waals surface area contributed by atoms with Crippen molar-refractivity contribution in [2.45, 2.75) is 44.6 Å². The van der Waals surface area contributed by atoms with Crippen molar-refractivity contribution in [3.63, 3.8) is 0 Å². The number of allylic oxidation sites excluding steroid dienone is 1. The number of benzene rings is 1. The molecule has 2 nitrogen and oxygen atoms in total. The topological polar surface area (TPSA) is 38.0 Å². The molecule has 2 rings (SSSR count). The molecular formula is C15H22N2. The normalized spacial score (nSPS) is 17.6. The van der Waals surface area contributed by atoms with Crippen LogP contribution >= 0.6 is 0 Å². The molecule has 0 heterocycles. The van der Waals surface area contributed by atoms with E-state index in [-0.39, 0.29) is 0 Å². The highest BCUT2D eigenvalue weighted by Gasteiger charge is 2.14. The molecule has 0 fully saturated rings. The summed E-state index contributed by atoms with van der Waals surface area (Å²) in [5, 5.41) is 0. The Morgan fingerprint density at radius 3 is 2.65 bits per heavy atom. The second kappa shape index (κ2) is 6.58. The minimum Gasteiger partial charge on any atom is -0.271 e. The van der Waals surface area contributed by atoms with E-state index in [0.29, 0.717) is 6.04 Å². The summed E-state index contributed by atoms with van der Waals surface area (Å²) in [5.74, 6) is 5.68. The molecule has 17 heavy (non-hydrogen) atoms. The van der Waals surface area contributed by atoms with Gasteiger partial charge in [0.25, 0.3) is 0 Å². The van der Waals surface area contributed by atoms with Crippen LogP contribution in [0.4, 0.5) is 0 Å². The van der Waals surface area contributed by atoms with Crippen LogP contribution in [-0.2, 0) is 6.42 Å². The first-order chi connectivity index (χ1) is 8.40. The van der Waals surface area contributed by atoms with Gasteiger partial charge in [-0.3, -0.25) is 11.3 Å². The van der Waals surface area contributed by atoms with Gasteiger partial charge in [0.2, 0.25) is 0 Å². The fourth-order valence-corrected chi connectivity index (χ4v) is 2.51. The van der Waals surface area contributed by atoms with Crippen molar-refractivity contribution >= 4 is 0 Å². The zero-order valence-electron chi connectivity index (χ0n) is 10.4. The van der Waals surface area contributed by atoms with Crippen molar-refractivity contribution in [2.24, 2.45) is 5.84 Å². The summed E-state index contributed by atoms with van der Waals surface area (Å²) in [5.41, 5.74) is 5.88. The van der Waals surface area contributed by atoms with Crippen LogP contribution in [-0.4, -0.2) is 6.04 Å². The van der Waals surface area contributed by atoms with Crippen molar-refractivity contribution in [1.29, 1.82) is 0 Å². The van der Waals surface area contributed by atoms with E-state index in [0.717, 1.165) is 12.8 Å². The minimum absolute atomic E-state index is 0.357. The molecular weight excluding hydrogens is 208 g/mol. The summed E-state index contributed by atoms with van der Waals surface area (Å²) in [6.45, 7) is 0. The standard InChI is InChI=1S/C15H22N2/c16-17-15(14-9-5-2-6-10-14)12-11-13-7-3-1-4-8-13/h1,3-4,7-9,15,17H,2,5-6,10-12,16H2. The Balaban J connectivity index is 1.89. The predicted octanol–water partition coefficient (Wildman–Crippen LogP) is 2.95. The maximum atomic E-state index is 5.68. The van der Waals surface area contributed by atoms with E-state index >= 15 is 0 Å². The summed E-state index contributed by atoms with van der Waals surface area (Å²) in [4.78, 5) is 0. The van der Waals surface area contributed by atoms with Crippen LogP contribution in [0.5, 0.6) is 0 Å². The van der Waals surface area contributed by atoms with Gasteiger partial charge in [0.1, 0.15) is 0 Å². The third kappa shape index (κ3) is 3.69. The Hall–Kier alpha value is -1.12. The molecule has 1 aliphatic rings. The fourth-order valence-electron chi connectivity index (χ4n) is 2.51. The highest BCUT2D eigenvalue weighted by Crippen LogP contribution is 2.22. The van der Waals surface area contributed by atoms with E-state index in [2.05, 4.69) is 41.8 Å². The van der Waals surface area contributed by atoms with E-state index in [9.17, 15) is 0 Å². The Morgan fingerprint density at radius 2 is 2.00 bits per heavy atom. The summed E-state index contributed by atoms with van der Waals surface area (Å²) in [6, 6.07) is 11.0. The number of rotatable bonds is 5. The Kier molecular flexibility index (Phi) is 4.77. The van der Waals surface area contributed by atoms with E-state index in [1.807, 2.05) is 0 Å². The number of hydrogen-bond donors (Lipinski definition) is 2. The van der Waals surface area contributed by atoms with E-state index in [1.54, 1.807) is 0 Å². The number of hydrogen-bond acceptors (Lipinski definition) is 2. The van der Waals surface area contributed by atoms with Crippen molar-refractivity contribution in [3.05, 3.63) is 47.5 Å². The van der Waals surface area contributed by atoms with Gasteiger partial charge in [-0.2, -0.15) is 0 Å². The Labute approximate surface area is 104 Å². The van der Waals surface area contributed by atoms with Crippen LogP contribution in [0.3, 0.4) is 0 Å². The summed E-state index contributed by atoms with van der Waals surface area (Å²) in [6.07, 6.45) is 9.63. The predicted molar refractivity (Wildman–Crippen MR) is 72.4 cm³/mol. The maximum Gasteiger partial charge on any atom is 0.0422 e. The molecule has 2 heteroatoms. The van der Waals surface area contributed by atoms with E-state index in [1.165, 1.54) is 36.8 Å². The molecule has 1 atom stereocenters. The molecule has 0 saturated carbocycles. The fraction of sp³-hybridized carbons (Fsp3) is 0.467. The van der Waals surface area contributed by atoms with Crippen LogP contribution in [0.1, 0.15) is 37.7 Å². The van der Waals surface area contributed by atoms with E-state index in [4.69, 9.17) is 5.84 Å². The lowest BCUT2D eigenvalue weighted by Gasteiger charge is -2.22. The smallest absolute Gasteiger partial charge is 0.0422 e. The molecule has 0 aromatic heterocycles. The van der Waals surface area contributed by atoms with Gasteiger partial charge in [-0.15, -0.1) is 0 Å². The van der Waals surface area contributed by atoms with Crippen LogP contribution in [0, 0.1) is 0 Å². The van der Waals surface area contributed by atoms with Gasteiger partial charge in [-0.1, -0.05) is 42.0 Å². The molecule has 1 aromatic rings. The minimum atomic E-state index is 0.357. The second-order valence-electron chi connectivity index (χ2n) is 4.77. The van der Waals surface area contributed by atoms with Gasteiger partial charge in [-0.25, -0.2) is 0 Å². The number of nitrogens with two attached hydrogens (primary N) is 1. The Morgan fingerprint density at radius 1 is 1.18 bits per heavy atom. The number of hydrazine groups is 1. The average Bonchev–Trinajstić information content (AvgIpc) is 2.42. The molecule has 0 aliphatic heterocycles. The summed E-state index contributed by atoms with van der Waals surface area (Å²) < 4.78 is 0. The molecule has 0 spiro atoms. The second-order valence-corrected chi connectivity index (χ2v) is 4.77. The van der Waals surface area contributed by atoms with Gasteiger partial charge < -0.3 is 0 Å². The molecule has 92 valence electrons. The highest BCUT2D eigenvalue weighted by atomic mass is 15.2. The van der Waals surface area contributed by atoms with Crippen LogP contribution < -0.4 is 11.3 Å².